The summed E-state index contributed by atoms with van der Waals surface area (Å²) in [7, 11) is 0. The molecule has 1 N–H and O–H groups in total. The Balaban J connectivity index is 1.12. The van der Waals surface area contributed by atoms with Crippen LogP contribution in [0.4, 0.5) is 0 Å². The van der Waals surface area contributed by atoms with Crippen molar-refractivity contribution in [3.8, 4) is 5.75 Å². The number of aromatic nitrogens is 1. The van der Waals surface area contributed by atoms with E-state index in [4.69, 9.17) is 4.74 Å². The van der Waals surface area contributed by atoms with E-state index in [1.807, 2.05) is 30.6 Å². The Labute approximate surface area is 211 Å². The van der Waals surface area contributed by atoms with E-state index in [1.165, 1.54) is 17.5 Å². The molecule has 2 aromatic rings. The van der Waals surface area contributed by atoms with Gasteiger partial charge in [-0.15, -0.1) is 0 Å². The lowest BCUT2D eigenvalue weighted by Crippen LogP contribution is -2.57. The molecule has 3 atom stereocenters. The molecule has 188 valence electrons. The summed E-state index contributed by atoms with van der Waals surface area (Å²) in [5.74, 6) is 0.524. The number of rotatable bonds is 5. The van der Waals surface area contributed by atoms with E-state index in [0.29, 0.717) is 30.5 Å². The monoisotopic (exact) mass is 488 g/mol. The molecule has 8 heteroatoms. The zero-order chi connectivity index (χ0) is 24.8. The third-order valence-electron chi connectivity index (χ3n) is 8.33. The fraction of sp³-hybridized carbons (Fsp3) is 0.500. The van der Waals surface area contributed by atoms with Gasteiger partial charge < -0.3 is 9.64 Å². The number of fused-ring (bicyclic) bond motifs is 1. The SMILES string of the molecule is Cc1cnccc1C1CN(C2CCCCC2Oc2ccc3c(c2)CN(C2CCC(=O)NC2=O)C3=O)C1. The highest BCUT2D eigenvalue weighted by molar-refractivity contribution is 6.05. The minimum Gasteiger partial charge on any atom is -0.489 e. The van der Waals surface area contributed by atoms with Crippen molar-refractivity contribution < 1.29 is 19.1 Å². The molecule has 1 aliphatic carbocycles. The van der Waals surface area contributed by atoms with Crippen molar-refractivity contribution >= 4 is 17.7 Å². The predicted octanol–water partition coefficient (Wildman–Crippen LogP) is 2.94. The molecule has 4 aliphatic rings. The number of piperidine rings is 1. The number of nitrogens with zero attached hydrogens (tertiary/aromatic N) is 3. The van der Waals surface area contributed by atoms with Gasteiger partial charge in [0.05, 0.1) is 0 Å². The Hall–Kier alpha value is -3.26. The number of nitrogens with one attached hydrogen (secondary N) is 1. The maximum atomic E-state index is 13.0. The summed E-state index contributed by atoms with van der Waals surface area (Å²) in [6.07, 6.45) is 9.13. The van der Waals surface area contributed by atoms with E-state index < -0.39 is 6.04 Å². The molecule has 3 amide bonds. The number of hydrogen-bond donors (Lipinski definition) is 1. The molecule has 4 heterocycles. The Kier molecular flexibility index (Phi) is 5.99. The van der Waals surface area contributed by atoms with Crippen LogP contribution in [0.2, 0.25) is 0 Å². The van der Waals surface area contributed by atoms with Crippen LogP contribution < -0.4 is 10.1 Å². The quantitative estimate of drug-likeness (QED) is 0.651. The van der Waals surface area contributed by atoms with Crippen molar-refractivity contribution in [2.75, 3.05) is 13.1 Å². The molecule has 3 fully saturated rings. The number of pyridine rings is 1. The first-order valence-electron chi connectivity index (χ1n) is 13.1. The van der Waals surface area contributed by atoms with Gasteiger partial charge in [-0.3, -0.25) is 29.6 Å². The maximum absolute atomic E-state index is 13.0. The Morgan fingerprint density at radius 3 is 2.69 bits per heavy atom. The number of imide groups is 1. The number of carbonyl (C=O) groups excluding carboxylic acids is 3. The van der Waals surface area contributed by atoms with Crippen molar-refractivity contribution in [1.82, 2.24) is 20.1 Å². The van der Waals surface area contributed by atoms with Crippen molar-refractivity contribution in [2.24, 2.45) is 0 Å². The van der Waals surface area contributed by atoms with Crippen molar-refractivity contribution in [3.05, 3.63) is 58.9 Å². The number of likely N-dealkylation sites (tertiary alicyclic amines) is 1. The third-order valence-corrected chi connectivity index (χ3v) is 8.33. The van der Waals surface area contributed by atoms with Gasteiger partial charge in [-0.1, -0.05) is 6.42 Å². The first-order valence-corrected chi connectivity index (χ1v) is 13.1. The molecule has 36 heavy (non-hydrogen) atoms. The average Bonchev–Trinajstić information content (AvgIpc) is 3.16. The van der Waals surface area contributed by atoms with Gasteiger partial charge in [-0.05, 0) is 73.6 Å². The second-order valence-corrected chi connectivity index (χ2v) is 10.6. The molecule has 3 aliphatic heterocycles. The largest absolute Gasteiger partial charge is 0.489 e. The van der Waals surface area contributed by atoms with E-state index in [-0.39, 0.29) is 30.2 Å². The Morgan fingerprint density at radius 1 is 1.06 bits per heavy atom. The van der Waals surface area contributed by atoms with E-state index >= 15 is 0 Å². The van der Waals surface area contributed by atoms with Crippen LogP contribution in [0.3, 0.4) is 0 Å². The van der Waals surface area contributed by atoms with Crippen molar-refractivity contribution in [3.63, 3.8) is 0 Å². The highest BCUT2D eigenvalue weighted by Crippen LogP contribution is 2.37. The lowest BCUT2D eigenvalue weighted by atomic mass is 9.83. The highest BCUT2D eigenvalue weighted by Gasteiger charge is 2.41. The minimum atomic E-state index is -0.599. The molecule has 0 bridgehead atoms. The predicted molar refractivity (Wildman–Crippen MR) is 132 cm³/mol. The summed E-state index contributed by atoms with van der Waals surface area (Å²) >= 11 is 0. The molecule has 0 spiro atoms. The van der Waals surface area contributed by atoms with Crippen LogP contribution in [0.5, 0.6) is 5.75 Å². The van der Waals surface area contributed by atoms with E-state index in [1.54, 1.807) is 4.90 Å². The van der Waals surface area contributed by atoms with E-state index in [2.05, 4.69) is 28.2 Å². The van der Waals surface area contributed by atoms with Crippen LogP contribution in [-0.2, 0) is 16.1 Å². The van der Waals surface area contributed by atoms with Gasteiger partial charge in [0.1, 0.15) is 17.9 Å². The lowest BCUT2D eigenvalue weighted by molar-refractivity contribution is -0.136. The van der Waals surface area contributed by atoms with Crippen molar-refractivity contribution in [2.45, 2.75) is 76.1 Å². The van der Waals surface area contributed by atoms with Gasteiger partial charge in [0, 0.05) is 56.0 Å². The van der Waals surface area contributed by atoms with Gasteiger partial charge in [0.15, 0.2) is 0 Å². The van der Waals surface area contributed by atoms with Crippen LogP contribution in [0.1, 0.15) is 71.5 Å². The fourth-order valence-electron chi connectivity index (χ4n) is 6.35. The van der Waals surface area contributed by atoms with Gasteiger partial charge >= 0.3 is 0 Å². The number of amides is 3. The van der Waals surface area contributed by atoms with E-state index in [9.17, 15) is 14.4 Å². The molecule has 8 nitrogen and oxygen atoms in total. The number of carbonyl (C=O) groups is 3. The molecule has 1 aromatic carbocycles. The standard InChI is InChI=1S/C28H32N4O4/c1-17-13-29-11-10-21(17)19-14-31(15-19)23-4-2-3-5-25(23)36-20-6-7-22-18(12-20)16-32(28(22)35)24-8-9-26(33)30-27(24)34/h6-7,10-13,19,23-25H,2-5,8-9,14-16H2,1H3,(H,30,33,34). The molecule has 6 rings (SSSR count). The van der Waals surface area contributed by atoms with Crippen molar-refractivity contribution in [1.29, 1.82) is 0 Å². The number of benzene rings is 1. The minimum absolute atomic E-state index is 0.125. The molecule has 3 unspecified atom stereocenters. The first kappa shape index (κ1) is 23.2. The van der Waals surface area contributed by atoms with Crippen LogP contribution in [0.15, 0.2) is 36.7 Å². The smallest absolute Gasteiger partial charge is 0.255 e. The van der Waals surface area contributed by atoms with Crippen LogP contribution >= 0.6 is 0 Å². The summed E-state index contributed by atoms with van der Waals surface area (Å²) < 4.78 is 6.56. The second-order valence-electron chi connectivity index (χ2n) is 10.6. The summed E-state index contributed by atoms with van der Waals surface area (Å²) in [5, 5.41) is 2.36. The first-order chi connectivity index (χ1) is 17.5. The third kappa shape index (κ3) is 4.17. The molecule has 1 aromatic heterocycles. The number of hydrogen-bond acceptors (Lipinski definition) is 6. The summed E-state index contributed by atoms with van der Waals surface area (Å²) in [6.45, 7) is 4.60. The molecule has 0 radical (unpaired) electrons. The second kappa shape index (κ2) is 9.32. The molecule has 2 saturated heterocycles. The van der Waals surface area contributed by atoms with Crippen LogP contribution in [0, 0.1) is 6.92 Å². The van der Waals surface area contributed by atoms with Gasteiger partial charge in [-0.2, -0.15) is 0 Å². The van der Waals surface area contributed by atoms with Gasteiger partial charge in [0.25, 0.3) is 5.91 Å². The van der Waals surface area contributed by atoms with Crippen LogP contribution in [0.25, 0.3) is 0 Å². The summed E-state index contributed by atoms with van der Waals surface area (Å²) in [5.41, 5.74) is 4.16. The Morgan fingerprint density at radius 2 is 1.89 bits per heavy atom. The molecular weight excluding hydrogens is 456 g/mol. The fourth-order valence-corrected chi connectivity index (χ4v) is 6.35. The number of ether oxygens (including phenoxy) is 1. The summed E-state index contributed by atoms with van der Waals surface area (Å²) in [6, 6.07) is 7.61. The average molecular weight is 489 g/mol. The molecule has 1 saturated carbocycles. The maximum Gasteiger partial charge on any atom is 0.255 e. The number of aryl methyl sites for hydroxylation is 1. The normalized spacial score (nSPS) is 27.0. The zero-order valence-electron chi connectivity index (χ0n) is 20.6. The molecular formula is C28H32N4O4. The topological polar surface area (TPSA) is 91.8 Å². The zero-order valence-corrected chi connectivity index (χ0v) is 20.6. The van der Waals surface area contributed by atoms with Gasteiger partial charge in [0.2, 0.25) is 11.8 Å². The van der Waals surface area contributed by atoms with E-state index in [0.717, 1.165) is 43.7 Å². The summed E-state index contributed by atoms with van der Waals surface area (Å²) in [4.78, 5) is 45.2. The lowest BCUT2D eigenvalue weighted by Gasteiger charge is -2.48. The highest BCUT2D eigenvalue weighted by atomic mass is 16.5. The van der Waals surface area contributed by atoms with Gasteiger partial charge in [-0.25, -0.2) is 0 Å². The Bertz CT molecular complexity index is 1210. The van der Waals surface area contributed by atoms with Crippen LogP contribution in [-0.4, -0.2) is 63.8 Å².